The lowest BCUT2D eigenvalue weighted by atomic mass is 10.1. The standard InChI is InChI=1S/C26H25F2N5/c1-29-12-20-15-31(16-23(20)28)22-6-7-24-19(10-22)14-32-13-18(17-2-4-21(27)5-3-17)11-25(32)26-30-8-9-33(24)26/h2-11,13,20,23,29H,12,14-16H2,1H3/t20?,23-/m1/s1. The minimum absolute atomic E-state index is 0.00313. The first-order valence-corrected chi connectivity index (χ1v) is 11.3. The molecule has 5 nitrogen and oxygen atoms in total. The van der Waals surface area contributed by atoms with Gasteiger partial charge < -0.3 is 14.8 Å². The van der Waals surface area contributed by atoms with E-state index in [1.807, 2.05) is 19.4 Å². The van der Waals surface area contributed by atoms with Crippen molar-refractivity contribution in [2.45, 2.75) is 12.7 Å². The van der Waals surface area contributed by atoms with Crippen LogP contribution in [0.15, 0.2) is 67.1 Å². The lowest BCUT2D eigenvalue weighted by Crippen LogP contribution is -2.26. The van der Waals surface area contributed by atoms with Gasteiger partial charge in [0.1, 0.15) is 12.0 Å². The number of benzene rings is 2. The monoisotopic (exact) mass is 445 g/mol. The number of hydrogen-bond acceptors (Lipinski definition) is 3. The number of alkyl halides is 1. The topological polar surface area (TPSA) is 38.0 Å². The third-order valence-corrected chi connectivity index (χ3v) is 6.80. The Balaban J connectivity index is 1.39. The summed E-state index contributed by atoms with van der Waals surface area (Å²) in [5.41, 5.74) is 6.28. The molecule has 2 atom stereocenters. The van der Waals surface area contributed by atoms with Crippen LogP contribution in [0.2, 0.25) is 0 Å². The van der Waals surface area contributed by atoms with Gasteiger partial charge in [-0.2, -0.15) is 0 Å². The average molecular weight is 446 g/mol. The molecule has 33 heavy (non-hydrogen) atoms. The van der Waals surface area contributed by atoms with E-state index in [-0.39, 0.29) is 11.7 Å². The van der Waals surface area contributed by atoms with Crippen LogP contribution in [0.25, 0.3) is 28.3 Å². The van der Waals surface area contributed by atoms with E-state index < -0.39 is 6.17 Å². The first-order valence-electron chi connectivity index (χ1n) is 11.3. The van der Waals surface area contributed by atoms with E-state index in [1.165, 1.54) is 12.1 Å². The second-order valence-electron chi connectivity index (χ2n) is 8.92. The van der Waals surface area contributed by atoms with Crippen LogP contribution in [0, 0.1) is 11.7 Å². The van der Waals surface area contributed by atoms with Gasteiger partial charge in [0.2, 0.25) is 0 Å². The van der Waals surface area contributed by atoms with Gasteiger partial charge in [-0.3, -0.25) is 4.57 Å². The first kappa shape index (κ1) is 20.2. The van der Waals surface area contributed by atoms with Crippen LogP contribution in [-0.4, -0.2) is 47.0 Å². The Morgan fingerprint density at radius 1 is 1.06 bits per heavy atom. The number of anilines is 1. The lowest BCUT2D eigenvalue weighted by Gasteiger charge is -2.20. The molecular formula is C26H25F2N5. The number of aromatic nitrogens is 3. The number of halogens is 2. The molecule has 4 heterocycles. The molecule has 1 fully saturated rings. The summed E-state index contributed by atoms with van der Waals surface area (Å²) in [5.74, 6) is 0.628. The van der Waals surface area contributed by atoms with E-state index >= 15 is 0 Å². The van der Waals surface area contributed by atoms with Gasteiger partial charge in [0.15, 0.2) is 5.82 Å². The molecule has 2 aliphatic rings. The second-order valence-corrected chi connectivity index (χ2v) is 8.92. The van der Waals surface area contributed by atoms with Crippen LogP contribution in [0.3, 0.4) is 0 Å². The molecule has 2 aromatic carbocycles. The maximum absolute atomic E-state index is 14.5. The molecule has 4 aromatic rings. The van der Waals surface area contributed by atoms with Gasteiger partial charge in [-0.15, -0.1) is 0 Å². The van der Waals surface area contributed by atoms with Crippen LogP contribution >= 0.6 is 0 Å². The Morgan fingerprint density at radius 3 is 2.73 bits per heavy atom. The predicted octanol–water partition coefficient (Wildman–Crippen LogP) is 4.50. The molecule has 2 aromatic heterocycles. The summed E-state index contributed by atoms with van der Waals surface area (Å²) < 4.78 is 32.2. The molecule has 1 unspecified atom stereocenters. The van der Waals surface area contributed by atoms with Gasteiger partial charge in [0.05, 0.1) is 11.4 Å². The molecule has 7 heteroatoms. The highest BCUT2D eigenvalue weighted by Crippen LogP contribution is 2.36. The molecule has 168 valence electrons. The van der Waals surface area contributed by atoms with Crippen molar-refractivity contribution in [2.75, 3.05) is 31.6 Å². The van der Waals surface area contributed by atoms with E-state index in [1.54, 1.807) is 12.1 Å². The largest absolute Gasteiger partial charge is 0.368 e. The highest BCUT2D eigenvalue weighted by molar-refractivity contribution is 5.72. The van der Waals surface area contributed by atoms with Crippen molar-refractivity contribution >= 4 is 5.69 Å². The summed E-state index contributed by atoms with van der Waals surface area (Å²) in [6.45, 7) is 2.49. The quantitative estimate of drug-likeness (QED) is 0.443. The normalized spacial score (nSPS) is 19.2. The van der Waals surface area contributed by atoms with Crippen molar-refractivity contribution in [1.29, 1.82) is 0 Å². The number of nitrogens with one attached hydrogen (secondary N) is 1. The zero-order chi connectivity index (χ0) is 22.5. The number of nitrogens with zero attached hydrogens (tertiary/aromatic N) is 4. The fourth-order valence-electron chi connectivity index (χ4n) is 5.13. The molecule has 0 saturated carbocycles. The molecule has 0 bridgehead atoms. The first-order chi connectivity index (χ1) is 16.1. The molecule has 1 N–H and O–H groups in total. The summed E-state index contributed by atoms with van der Waals surface area (Å²) in [6, 6.07) is 15.0. The van der Waals surface area contributed by atoms with Crippen molar-refractivity contribution in [3.8, 4) is 28.3 Å². The molecule has 1 saturated heterocycles. The van der Waals surface area contributed by atoms with Gasteiger partial charge in [-0.05, 0) is 54.6 Å². The van der Waals surface area contributed by atoms with Gasteiger partial charge in [-0.25, -0.2) is 13.8 Å². The Morgan fingerprint density at radius 2 is 1.91 bits per heavy atom. The fourth-order valence-corrected chi connectivity index (χ4v) is 5.13. The van der Waals surface area contributed by atoms with E-state index in [4.69, 9.17) is 0 Å². The van der Waals surface area contributed by atoms with Crippen molar-refractivity contribution in [2.24, 2.45) is 5.92 Å². The van der Waals surface area contributed by atoms with E-state index in [2.05, 4.69) is 54.8 Å². The molecule has 0 aliphatic carbocycles. The molecule has 0 radical (unpaired) electrons. The van der Waals surface area contributed by atoms with Crippen LogP contribution in [0.1, 0.15) is 5.56 Å². The lowest BCUT2D eigenvalue weighted by molar-refractivity contribution is 0.280. The van der Waals surface area contributed by atoms with Crippen LogP contribution < -0.4 is 10.2 Å². The average Bonchev–Trinajstić information content (AvgIpc) is 3.52. The molecule has 2 aliphatic heterocycles. The molecule has 0 spiro atoms. The second kappa shape index (κ2) is 7.85. The predicted molar refractivity (Wildman–Crippen MR) is 126 cm³/mol. The SMILES string of the molecule is CNCC1CN(c2ccc3c(c2)Cn2cc(-c4ccc(F)cc4)cc2-c2nccn2-3)C[C@H]1F. The van der Waals surface area contributed by atoms with Crippen LogP contribution in [0.4, 0.5) is 14.5 Å². The molecule has 0 amide bonds. The summed E-state index contributed by atoms with van der Waals surface area (Å²) in [6.07, 6.45) is 5.05. The smallest absolute Gasteiger partial charge is 0.161 e. The Bertz CT molecular complexity index is 1310. The van der Waals surface area contributed by atoms with Gasteiger partial charge in [0, 0.05) is 61.9 Å². The number of hydrogen-bond donors (Lipinski definition) is 1. The van der Waals surface area contributed by atoms with Crippen molar-refractivity contribution in [3.63, 3.8) is 0 Å². The minimum Gasteiger partial charge on any atom is -0.368 e. The fraction of sp³-hybridized carbons (Fsp3) is 0.269. The van der Waals surface area contributed by atoms with Crippen LogP contribution in [0.5, 0.6) is 0 Å². The minimum atomic E-state index is -0.828. The van der Waals surface area contributed by atoms with Gasteiger partial charge >= 0.3 is 0 Å². The van der Waals surface area contributed by atoms with Crippen molar-refractivity contribution < 1.29 is 8.78 Å². The highest BCUT2D eigenvalue weighted by Gasteiger charge is 2.33. The highest BCUT2D eigenvalue weighted by atomic mass is 19.1. The number of fused-ring (bicyclic) bond motifs is 5. The van der Waals surface area contributed by atoms with Crippen LogP contribution in [-0.2, 0) is 6.54 Å². The van der Waals surface area contributed by atoms with Gasteiger partial charge in [0.25, 0.3) is 0 Å². The third-order valence-electron chi connectivity index (χ3n) is 6.80. The zero-order valence-electron chi connectivity index (χ0n) is 18.4. The summed E-state index contributed by atoms with van der Waals surface area (Å²) in [5, 5.41) is 3.11. The maximum atomic E-state index is 14.5. The Labute approximate surface area is 191 Å². The van der Waals surface area contributed by atoms with Crippen molar-refractivity contribution in [3.05, 3.63) is 78.5 Å². The molecule has 6 rings (SSSR count). The third kappa shape index (κ3) is 3.43. The summed E-state index contributed by atoms with van der Waals surface area (Å²) in [4.78, 5) is 6.78. The van der Waals surface area contributed by atoms with Gasteiger partial charge in [-0.1, -0.05) is 12.1 Å². The van der Waals surface area contributed by atoms with Crippen molar-refractivity contribution in [1.82, 2.24) is 19.4 Å². The summed E-state index contributed by atoms with van der Waals surface area (Å²) in [7, 11) is 1.87. The number of imidazole rings is 1. The zero-order valence-corrected chi connectivity index (χ0v) is 18.4. The number of rotatable bonds is 4. The maximum Gasteiger partial charge on any atom is 0.161 e. The molecular weight excluding hydrogens is 420 g/mol. The Kier molecular flexibility index (Phi) is 4.80. The Hall–Kier alpha value is -3.45. The van der Waals surface area contributed by atoms with E-state index in [0.29, 0.717) is 26.2 Å². The summed E-state index contributed by atoms with van der Waals surface area (Å²) >= 11 is 0. The van der Waals surface area contributed by atoms with E-state index in [0.717, 1.165) is 39.6 Å². The van der Waals surface area contributed by atoms with E-state index in [9.17, 15) is 8.78 Å².